The van der Waals surface area contributed by atoms with Crippen LogP contribution < -0.4 is 0 Å². The molecule has 22 heavy (non-hydrogen) atoms. The van der Waals surface area contributed by atoms with Crippen molar-refractivity contribution in [2.45, 2.75) is 39.2 Å². The number of ketones is 1. The van der Waals surface area contributed by atoms with Crippen molar-refractivity contribution in [2.75, 3.05) is 14.1 Å². The third-order valence-electron chi connectivity index (χ3n) is 4.53. The molecule has 0 heterocycles. The van der Waals surface area contributed by atoms with Crippen molar-refractivity contribution in [1.82, 2.24) is 10.0 Å². The Hall–Kier alpha value is -1.68. The summed E-state index contributed by atoms with van der Waals surface area (Å²) in [6.07, 6.45) is 3.13. The molecule has 2 atom stereocenters. The van der Waals surface area contributed by atoms with Gasteiger partial charge in [0, 0.05) is 32.9 Å². The van der Waals surface area contributed by atoms with E-state index in [9.17, 15) is 9.59 Å². The van der Waals surface area contributed by atoms with E-state index in [0.29, 0.717) is 25.2 Å². The van der Waals surface area contributed by atoms with Gasteiger partial charge in [-0.05, 0) is 24.3 Å². The fourth-order valence-corrected chi connectivity index (χ4v) is 3.09. The van der Waals surface area contributed by atoms with Gasteiger partial charge in [-0.3, -0.25) is 14.6 Å². The van der Waals surface area contributed by atoms with Crippen LogP contribution in [-0.2, 0) is 16.1 Å². The average Bonchev–Trinajstić information content (AvgIpc) is 2.52. The van der Waals surface area contributed by atoms with Gasteiger partial charge in [-0.2, -0.15) is 0 Å². The van der Waals surface area contributed by atoms with E-state index in [4.69, 9.17) is 0 Å². The molecule has 0 unspecified atom stereocenters. The minimum absolute atomic E-state index is 0.105. The molecule has 1 aromatic rings. The van der Waals surface area contributed by atoms with Gasteiger partial charge in [-0.25, -0.2) is 5.01 Å². The minimum Gasteiger partial charge on any atom is -0.300 e. The van der Waals surface area contributed by atoms with Crippen molar-refractivity contribution in [3.8, 4) is 0 Å². The molecular weight excluding hydrogens is 276 g/mol. The van der Waals surface area contributed by atoms with Crippen molar-refractivity contribution < 1.29 is 9.59 Å². The number of nitrogens with zero attached hydrogens (tertiary/aromatic N) is 2. The second-order valence-corrected chi connectivity index (χ2v) is 6.41. The fourth-order valence-electron chi connectivity index (χ4n) is 3.09. The summed E-state index contributed by atoms with van der Waals surface area (Å²) < 4.78 is 0. The molecule has 1 aromatic carbocycles. The number of rotatable bonds is 5. The quantitative estimate of drug-likeness (QED) is 0.785. The Bertz CT molecular complexity index is 513. The molecule has 0 radical (unpaired) electrons. The molecule has 1 amide bonds. The van der Waals surface area contributed by atoms with Gasteiger partial charge in [0.05, 0.1) is 6.54 Å². The predicted octanol–water partition coefficient (Wildman–Crippen LogP) is 2.89. The molecule has 4 heteroatoms. The van der Waals surface area contributed by atoms with Crippen molar-refractivity contribution in [3.05, 3.63) is 35.9 Å². The lowest BCUT2D eigenvalue weighted by molar-refractivity contribution is -0.152. The molecule has 1 fully saturated rings. The zero-order chi connectivity index (χ0) is 16.1. The number of hydrazine groups is 1. The summed E-state index contributed by atoms with van der Waals surface area (Å²) in [5.74, 6) is 0.478. The number of Topliss-reactive ketones (excluding diaryl/α,β-unsaturated/α-hetero) is 1. The lowest BCUT2D eigenvalue weighted by Crippen LogP contribution is -2.46. The minimum atomic E-state index is -0.115. The van der Waals surface area contributed by atoms with E-state index in [1.165, 1.54) is 0 Å². The number of benzene rings is 1. The topological polar surface area (TPSA) is 40.6 Å². The lowest BCUT2D eigenvalue weighted by Gasteiger charge is -2.34. The largest absolute Gasteiger partial charge is 0.300 e. The van der Waals surface area contributed by atoms with Crippen LogP contribution in [-0.4, -0.2) is 35.8 Å². The van der Waals surface area contributed by atoms with Crippen molar-refractivity contribution in [3.63, 3.8) is 0 Å². The molecule has 0 N–H and O–H groups in total. The lowest BCUT2D eigenvalue weighted by atomic mass is 9.80. The van der Waals surface area contributed by atoms with Crippen LogP contribution in [0.2, 0.25) is 0 Å². The summed E-state index contributed by atoms with van der Waals surface area (Å²) in [4.78, 5) is 24.5. The number of hydrogen-bond donors (Lipinski definition) is 0. The Morgan fingerprint density at radius 1 is 1.27 bits per heavy atom. The first kappa shape index (κ1) is 16.7. The molecule has 1 saturated carbocycles. The van der Waals surface area contributed by atoms with Gasteiger partial charge in [-0.1, -0.05) is 37.3 Å². The number of amides is 1. The van der Waals surface area contributed by atoms with E-state index in [1.807, 2.05) is 56.4 Å². The Labute approximate surface area is 133 Å². The molecule has 0 saturated heterocycles. The van der Waals surface area contributed by atoms with Gasteiger partial charge in [0.2, 0.25) is 5.91 Å². The van der Waals surface area contributed by atoms with Crippen LogP contribution >= 0.6 is 0 Å². The number of carbonyl (C=O) groups excluding carboxylic acids is 2. The van der Waals surface area contributed by atoms with Crippen LogP contribution in [0.5, 0.6) is 0 Å². The Morgan fingerprint density at radius 2 is 1.95 bits per heavy atom. The second-order valence-electron chi connectivity index (χ2n) is 6.41. The van der Waals surface area contributed by atoms with E-state index >= 15 is 0 Å². The molecule has 1 aliphatic carbocycles. The van der Waals surface area contributed by atoms with Crippen LogP contribution in [0, 0.1) is 11.8 Å². The molecule has 120 valence electrons. The summed E-state index contributed by atoms with van der Waals surface area (Å²) in [6.45, 7) is 2.53. The van der Waals surface area contributed by atoms with Crippen molar-refractivity contribution >= 4 is 11.7 Å². The number of hydrogen-bond acceptors (Lipinski definition) is 3. The Balaban J connectivity index is 2.07. The first-order chi connectivity index (χ1) is 10.5. The zero-order valence-corrected chi connectivity index (χ0v) is 13.8. The highest BCUT2D eigenvalue weighted by Gasteiger charge is 2.32. The molecule has 0 spiro atoms. The SMILES string of the molecule is C[C@@H](C(=O)N(Cc1ccccc1)N(C)C)[C@@H]1CCCC(=O)C1. The van der Waals surface area contributed by atoms with E-state index in [2.05, 4.69) is 0 Å². The van der Waals surface area contributed by atoms with Gasteiger partial charge < -0.3 is 0 Å². The van der Waals surface area contributed by atoms with Gasteiger partial charge in [-0.15, -0.1) is 0 Å². The highest BCUT2D eigenvalue weighted by molar-refractivity contribution is 5.82. The highest BCUT2D eigenvalue weighted by Crippen LogP contribution is 2.29. The Kier molecular flexibility index (Phi) is 5.72. The summed E-state index contributed by atoms with van der Waals surface area (Å²) in [5.41, 5.74) is 1.11. The standard InChI is InChI=1S/C18H26N2O2/c1-14(16-10-7-11-17(21)12-16)18(22)20(19(2)3)13-15-8-5-4-6-9-15/h4-6,8-9,14,16H,7,10-13H2,1-3H3/t14-,16-/m1/s1. The molecule has 0 aromatic heterocycles. The van der Waals surface area contributed by atoms with Gasteiger partial charge >= 0.3 is 0 Å². The van der Waals surface area contributed by atoms with E-state index in [-0.39, 0.29) is 17.7 Å². The predicted molar refractivity (Wildman–Crippen MR) is 86.8 cm³/mol. The monoisotopic (exact) mass is 302 g/mol. The molecule has 0 aliphatic heterocycles. The summed E-state index contributed by atoms with van der Waals surface area (Å²) in [6, 6.07) is 9.99. The van der Waals surface area contributed by atoms with E-state index in [0.717, 1.165) is 18.4 Å². The maximum Gasteiger partial charge on any atom is 0.240 e. The normalized spacial score (nSPS) is 20.0. The molecule has 0 bridgehead atoms. The zero-order valence-electron chi connectivity index (χ0n) is 13.8. The van der Waals surface area contributed by atoms with Gasteiger partial charge in [0.1, 0.15) is 5.78 Å². The Morgan fingerprint density at radius 3 is 2.55 bits per heavy atom. The summed E-state index contributed by atoms with van der Waals surface area (Å²) >= 11 is 0. The second kappa shape index (κ2) is 7.54. The first-order valence-corrected chi connectivity index (χ1v) is 8.03. The van der Waals surface area contributed by atoms with Crippen molar-refractivity contribution in [1.29, 1.82) is 0 Å². The van der Waals surface area contributed by atoms with Crippen LogP contribution in [0.4, 0.5) is 0 Å². The maximum atomic E-state index is 12.9. The molecule has 2 rings (SSSR count). The van der Waals surface area contributed by atoms with Gasteiger partial charge in [0.15, 0.2) is 0 Å². The van der Waals surface area contributed by atoms with Gasteiger partial charge in [0.25, 0.3) is 0 Å². The van der Waals surface area contributed by atoms with Crippen LogP contribution in [0.25, 0.3) is 0 Å². The average molecular weight is 302 g/mol. The van der Waals surface area contributed by atoms with Crippen LogP contribution in [0.1, 0.15) is 38.2 Å². The van der Waals surface area contributed by atoms with E-state index < -0.39 is 0 Å². The highest BCUT2D eigenvalue weighted by atomic mass is 16.2. The van der Waals surface area contributed by atoms with E-state index in [1.54, 1.807) is 5.01 Å². The third-order valence-corrected chi connectivity index (χ3v) is 4.53. The molecular formula is C18H26N2O2. The fraction of sp³-hybridized carbons (Fsp3) is 0.556. The first-order valence-electron chi connectivity index (χ1n) is 8.03. The summed E-state index contributed by atoms with van der Waals surface area (Å²) in [5, 5.41) is 3.62. The molecule has 4 nitrogen and oxygen atoms in total. The third kappa shape index (κ3) is 4.17. The molecule has 1 aliphatic rings. The number of carbonyl (C=O) groups is 2. The van der Waals surface area contributed by atoms with Crippen molar-refractivity contribution in [2.24, 2.45) is 11.8 Å². The summed E-state index contributed by atoms with van der Waals surface area (Å²) in [7, 11) is 3.78. The smallest absolute Gasteiger partial charge is 0.240 e. The van der Waals surface area contributed by atoms with Crippen LogP contribution in [0.15, 0.2) is 30.3 Å². The maximum absolute atomic E-state index is 12.9. The van der Waals surface area contributed by atoms with Crippen LogP contribution in [0.3, 0.4) is 0 Å².